The Kier molecular flexibility index (Phi) is 4.36. The predicted octanol–water partition coefficient (Wildman–Crippen LogP) is 4.00. The molecular formula is C22H21N7S. The molecule has 1 aliphatic heterocycles. The number of hydrogen-bond acceptors (Lipinski definition) is 7. The van der Waals surface area contributed by atoms with Gasteiger partial charge in [-0.1, -0.05) is 18.2 Å². The van der Waals surface area contributed by atoms with Crippen molar-refractivity contribution in [1.82, 2.24) is 19.7 Å². The van der Waals surface area contributed by atoms with Crippen molar-refractivity contribution in [3.8, 4) is 5.00 Å². The summed E-state index contributed by atoms with van der Waals surface area (Å²) >= 11 is 1.74. The second-order valence-corrected chi connectivity index (χ2v) is 8.54. The van der Waals surface area contributed by atoms with Crippen molar-refractivity contribution in [3.05, 3.63) is 81.7 Å². The fourth-order valence-electron chi connectivity index (χ4n) is 3.63. The minimum Gasteiger partial charge on any atom is -0.399 e. The summed E-state index contributed by atoms with van der Waals surface area (Å²) in [5.74, 6) is 1.53. The molecule has 1 aliphatic rings. The lowest BCUT2D eigenvalue weighted by Gasteiger charge is -2.18. The molecule has 0 saturated carbocycles. The van der Waals surface area contributed by atoms with Crippen LogP contribution >= 0.6 is 11.3 Å². The molecule has 8 heteroatoms. The highest BCUT2D eigenvalue weighted by Crippen LogP contribution is 2.38. The first-order valence-corrected chi connectivity index (χ1v) is 10.5. The quantitative estimate of drug-likeness (QED) is 0.511. The summed E-state index contributed by atoms with van der Waals surface area (Å²) in [6.07, 6.45) is 3.62. The summed E-state index contributed by atoms with van der Waals surface area (Å²) in [6, 6.07) is 11.8. The molecule has 2 N–H and O–H groups in total. The third-order valence-electron chi connectivity index (χ3n) is 5.31. The first kappa shape index (κ1) is 18.5. The van der Waals surface area contributed by atoms with Gasteiger partial charge in [0.15, 0.2) is 0 Å². The van der Waals surface area contributed by atoms with Gasteiger partial charge in [0.05, 0.1) is 6.54 Å². The molecule has 4 aromatic rings. The number of pyridine rings is 1. The minimum atomic E-state index is 0.539. The van der Waals surface area contributed by atoms with Crippen LogP contribution in [-0.2, 0) is 6.54 Å². The van der Waals surface area contributed by atoms with Gasteiger partial charge in [-0.15, -0.1) is 21.5 Å². The zero-order valence-electron chi connectivity index (χ0n) is 17.0. The average Bonchev–Trinajstić information content (AvgIpc) is 3.22. The van der Waals surface area contributed by atoms with Crippen LogP contribution in [-0.4, -0.2) is 25.5 Å². The van der Waals surface area contributed by atoms with Crippen LogP contribution in [0.1, 0.15) is 33.0 Å². The van der Waals surface area contributed by atoms with Gasteiger partial charge >= 0.3 is 0 Å². The molecule has 0 radical (unpaired) electrons. The first-order valence-electron chi connectivity index (χ1n) is 9.66. The third-order valence-corrected chi connectivity index (χ3v) is 6.50. The van der Waals surface area contributed by atoms with E-state index in [1.54, 1.807) is 17.5 Å². The lowest BCUT2D eigenvalue weighted by atomic mass is 10.00. The fraction of sp³-hybridized carbons (Fsp3) is 0.182. The van der Waals surface area contributed by atoms with Crippen molar-refractivity contribution in [2.45, 2.75) is 27.3 Å². The topological polar surface area (TPSA) is 85.2 Å². The third kappa shape index (κ3) is 2.96. The van der Waals surface area contributed by atoms with Crippen molar-refractivity contribution >= 4 is 28.7 Å². The molecule has 0 amide bonds. The van der Waals surface area contributed by atoms with Gasteiger partial charge in [-0.05, 0) is 50.1 Å². The molecule has 0 spiro atoms. The van der Waals surface area contributed by atoms with E-state index < -0.39 is 0 Å². The Balaban J connectivity index is 1.76. The number of aromatic nitrogens is 4. The van der Waals surface area contributed by atoms with Crippen LogP contribution in [0.5, 0.6) is 0 Å². The van der Waals surface area contributed by atoms with Gasteiger partial charge in [-0.2, -0.15) is 5.10 Å². The summed E-state index contributed by atoms with van der Waals surface area (Å²) in [6.45, 7) is 6.80. The highest BCUT2D eigenvalue weighted by atomic mass is 32.1. The van der Waals surface area contributed by atoms with Crippen LogP contribution in [0, 0.1) is 20.8 Å². The van der Waals surface area contributed by atoms with Crippen molar-refractivity contribution in [1.29, 1.82) is 0 Å². The van der Waals surface area contributed by atoms with E-state index in [0.29, 0.717) is 12.5 Å². The van der Waals surface area contributed by atoms with Crippen molar-refractivity contribution in [3.63, 3.8) is 0 Å². The summed E-state index contributed by atoms with van der Waals surface area (Å²) in [5, 5.41) is 16.9. The number of nitrogens with two attached hydrogens (primary N) is 1. The normalized spacial score (nSPS) is 12.9. The molecule has 4 heterocycles. The average molecular weight is 416 g/mol. The van der Waals surface area contributed by atoms with Gasteiger partial charge < -0.3 is 5.73 Å². The van der Waals surface area contributed by atoms with Crippen LogP contribution < -0.4 is 10.7 Å². The van der Waals surface area contributed by atoms with E-state index in [2.05, 4.69) is 33.6 Å². The number of aryl methyl sites for hydroxylation is 2. The maximum atomic E-state index is 5.94. The summed E-state index contributed by atoms with van der Waals surface area (Å²) in [7, 11) is 0. The van der Waals surface area contributed by atoms with E-state index >= 15 is 0 Å². The fourth-order valence-corrected chi connectivity index (χ4v) is 4.83. The highest BCUT2D eigenvalue weighted by molar-refractivity contribution is 7.15. The lowest BCUT2D eigenvalue weighted by molar-refractivity contribution is 0.795. The maximum absolute atomic E-state index is 5.94. The van der Waals surface area contributed by atoms with Gasteiger partial charge in [0.1, 0.15) is 16.5 Å². The Hall–Kier alpha value is -3.52. The Morgan fingerprint density at radius 1 is 1.03 bits per heavy atom. The van der Waals surface area contributed by atoms with Gasteiger partial charge in [0, 0.05) is 34.1 Å². The van der Waals surface area contributed by atoms with Gasteiger partial charge in [-0.3, -0.25) is 9.55 Å². The number of hydrogen-bond donors (Lipinski definition) is 1. The number of nitrogens with zero attached hydrogens (tertiary/aromatic N) is 6. The molecule has 0 bridgehead atoms. The van der Waals surface area contributed by atoms with Gasteiger partial charge in [0.25, 0.3) is 5.95 Å². The molecule has 30 heavy (non-hydrogen) atoms. The Morgan fingerprint density at radius 3 is 2.57 bits per heavy atom. The van der Waals surface area contributed by atoms with Gasteiger partial charge in [0.2, 0.25) is 0 Å². The minimum absolute atomic E-state index is 0.539. The standard InChI is InChI=1S/C22H21N7S/c1-13-14(2)30-21-19(13)20(17-6-8-18(23)9-7-17)27-28(12-16-5-4-10-24-11-16)22-26-25-15(3)29(21)22/h4-11H,12,23H2,1-3H3. The summed E-state index contributed by atoms with van der Waals surface area (Å²) in [5.41, 5.74) is 12.0. The first-order chi connectivity index (χ1) is 14.5. The molecule has 0 saturated heterocycles. The number of fused-ring (bicyclic) bond motifs is 3. The number of thiophene rings is 1. The van der Waals surface area contributed by atoms with E-state index in [0.717, 1.165) is 38.9 Å². The predicted molar refractivity (Wildman–Crippen MR) is 120 cm³/mol. The number of rotatable bonds is 3. The summed E-state index contributed by atoms with van der Waals surface area (Å²) < 4.78 is 2.10. The monoisotopic (exact) mass is 415 g/mol. The number of hydrazone groups is 1. The SMILES string of the molecule is Cc1sc2c(c1C)C(c1ccc(N)cc1)=NN(Cc1cccnc1)c1nnc(C)n1-2. The Bertz CT molecular complexity index is 1250. The molecule has 0 aliphatic carbocycles. The zero-order chi connectivity index (χ0) is 20.8. The van der Waals surface area contributed by atoms with Crippen LogP contribution in [0.3, 0.4) is 0 Å². The van der Waals surface area contributed by atoms with Crippen molar-refractivity contribution < 1.29 is 0 Å². The summed E-state index contributed by atoms with van der Waals surface area (Å²) in [4.78, 5) is 5.50. The molecule has 150 valence electrons. The number of nitrogen functional groups attached to an aromatic ring is 1. The van der Waals surface area contributed by atoms with Crippen LogP contribution in [0.2, 0.25) is 0 Å². The van der Waals surface area contributed by atoms with E-state index in [1.807, 2.05) is 54.5 Å². The largest absolute Gasteiger partial charge is 0.399 e. The van der Waals surface area contributed by atoms with E-state index in [-0.39, 0.29) is 0 Å². The van der Waals surface area contributed by atoms with Crippen LogP contribution in [0.25, 0.3) is 5.00 Å². The zero-order valence-corrected chi connectivity index (χ0v) is 17.8. The molecule has 7 nitrogen and oxygen atoms in total. The molecule has 1 aromatic carbocycles. The molecule has 0 unspecified atom stereocenters. The number of benzene rings is 1. The van der Waals surface area contributed by atoms with Crippen molar-refractivity contribution in [2.24, 2.45) is 5.10 Å². The smallest absolute Gasteiger partial charge is 0.253 e. The van der Waals surface area contributed by atoms with E-state index in [4.69, 9.17) is 10.8 Å². The van der Waals surface area contributed by atoms with Crippen molar-refractivity contribution in [2.75, 3.05) is 10.7 Å². The number of anilines is 2. The maximum Gasteiger partial charge on any atom is 0.253 e. The Morgan fingerprint density at radius 2 is 1.83 bits per heavy atom. The van der Waals surface area contributed by atoms with E-state index in [1.165, 1.54) is 10.4 Å². The van der Waals surface area contributed by atoms with Crippen LogP contribution in [0.4, 0.5) is 11.6 Å². The second kappa shape index (κ2) is 7.07. The highest BCUT2D eigenvalue weighted by Gasteiger charge is 2.30. The molecule has 3 aromatic heterocycles. The molecule has 0 atom stereocenters. The molecular weight excluding hydrogens is 394 g/mol. The van der Waals surface area contributed by atoms with Crippen LogP contribution in [0.15, 0.2) is 53.9 Å². The molecule has 5 rings (SSSR count). The Labute approximate surface area is 178 Å². The lowest BCUT2D eigenvalue weighted by Crippen LogP contribution is -2.20. The second-order valence-electron chi connectivity index (χ2n) is 7.34. The van der Waals surface area contributed by atoms with E-state index in [9.17, 15) is 0 Å². The molecule has 0 fully saturated rings. The van der Waals surface area contributed by atoms with Gasteiger partial charge in [-0.25, -0.2) is 5.01 Å².